The predicted octanol–water partition coefficient (Wildman–Crippen LogP) is 2.25. The molecular formula is C24H30N8O. The second kappa shape index (κ2) is 10.2. The maximum Gasteiger partial charge on any atom is 0.231 e. The number of hydrogen-bond donors (Lipinski definition) is 4. The zero-order valence-corrected chi connectivity index (χ0v) is 18.9. The average Bonchev–Trinajstić information content (AvgIpc) is 3.31. The van der Waals surface area contributed by atoms with Crippen LogP contribution in [-0.2, 0) is 4.74 Å². The molecule has 2 aromatic heterocycles. The molecule has 0 atom stereocenters. The second-order valence-electron chi connectivity index (χ2n) is 8.51. The number of aromatic amines is 1. The summed E-state index contributed by atoms with van der Waals surface area (Å²) in [6.07, 6.45) is 3.56. The van der Waals surface area contributed by atoms with E-state index in [-0.39, 0.29) is 0 Å². The molecule has 2 fully saturated rings. The number of piperazine rings is 1. The lowest BCUT2D eigenvalue weighted by Gasteiger charge is -2.24. The Kier molecular flexibility index (Phi) is 6.67. The van der Waals surface area contributed by atoms with Gasteiger partial charge in [0.05, 0.1) is 12.9 Å². The van der Waals surface area contributed by atoms with E-state index in [1.54, 1.807) is 6.33 Å². The SMILES string of the molecule is Cc1cc(C#CCN2CCNCC2)ccc1Nc1nc(NC2CCOCC2)c2[nH]cnc2n1. The molecule has 0 radical (unpaired) electrons. The summed E-state index contributed by atoms with van der Waals surface area (Å²) in [6, 6.07) is 6.50. The van der Waals surface area contributed by atoms with Crippen molar-refractivity contribution in [2.75, 3.05) is 56.6 Å². The van der Waals surface area contributed by atoms with Crippen molar-refractivity contribution in [3.8, 4) is 11.8 Å². The van der Waals surface area contributed by atoms with Crippen molar-refractivity contribution < 1.29 is 4.74 Å². The topological polar surface area (TPSA) is 103 Å². The van der Waals surface area contributed by atoms with Crippen LogP contribution in [0.5, 0.6) is 0 Å². The van der Waals surface area contributed by atoms with Gasteiger partial charge in [0.25, 0.3) is 0 Å². The molecule has 3 aromatic rings. The zero-order chi connectivity index (χ0) is 22.5. The summed E-state index contributed by atoms with van der Waals surface area (Å²) in [4.78, 5) is 19.2. The van der Waals surface area contributed by atoms with Crippen LogP contribution in [-0.4, -0.2) is 76.8 Å². The molecule has 172 valence electrons. The maximum absolute atomic E-state index is 5.47. The van der Waals surface area contributed by atoms with E-state index < -0.39 is 0 Å². The molecule has 0 bridgehead atoms. The third-order valence-corrected chi connectivity index (χ3v) is 6.07. The first kappa shape index (κ1) is 21.6. The fraction of sp³-hybridized carbons (Fsp3) is 0.458. The number of nitrogens with zero attached hydrogens (tertiary/aromatic N) is 4. The normalized spacial score (nSPS) is 17.5. The van der Waals surface area contributed by atoms with E-state index in [4.69, 9.17) is 9.72 Å². The van der Waals surface area contributed by atoms with Gasteiger partial charge in [-0.25, -0.2) is 4.98 Å². The molecule has 0 aliphatic carbocycles. The highest BCUT2D eigenvalue weighted by Crippen LogP contribution is 2.25. The summed E-state index contributed by atoms with van der Waals surface area (Å²) in [7, 11) is 0. The predicted molar refractivity (Wildman–Crippen MR) is 130 cm³/mol. The summed E-state index contributed by atoms with van der Waals surface area (Å²) < 4.78 is 5.47. The Morgan fingerprint density at radius 2 is 2.03 bits per heavy atom. The first-order chi connectivity index (χ1) is 16.2. The fourth-order valence-corrected chi connectivity index (χ4v) is 4.15. The van der Waals surface area contributed by atoms with Gasteiger partial charge >= 0.3 is 0 Å². The van der Waals surface area contributed by atoms with E-state index in [0.29, 0.717) is 17.6 Å². The first-order valence-electron chi connectivity index (χ1n) is 11.6. The highest BCUT2D eigenvalue weighted by molar-refractivity contribution is 5.84. The van der Waals surface area contributed by atoms with Crippen molar-refractivity contribution in [1.29, 1.82) is 0 Å². The lowest BCUT2D eigenvalue weighted by molar-refractivity contribution is 0.0904. The van der Waals surface area contributed by atoms with Gasteiger partial charge in [-0.15, -0.1) is 0 Å². The van der Waals surface area contributed by atoms with Crippen molar-refractivity contribution in [3.05, 3.63) is 35.7 Å². The summed E-state index contributed by atoms with van der Waals surface area (Å²) >= 11 is 0. The van der Waals surface area contributed by atoms with Crippen LogP contribution in [0.25, 0.3) is 11.2 Å². The number of nitrogens with one attached hydrogen (secondary N) is 4. The van der Waals surface area contributed by atoms with Crippen molar-refractivity contribution >= 4 is 28.6 Å². The molecular weight excluding hydrogens is 416 g/mol. The number of hydrogen-bond acceptors (Lipinski definition) is 8. The van der Waals surface area contributed by atoms with Crippen LogP contribution in [0.4, 0.5) is 17.5 Å². The van der Waals surface area contributed by atoms with Gasteiger partial charge in [0.2, 0.25) is 5.95 Å². The van der Waals surface area contributed by atoms with Crippen LogP contribution >= 0.6 is 0 Å². The van der Waals surface area contributed by atoms with Gasteiger partial charge in [0.15, 0.2) is 11.5 Å². The summed E-state index contributed by atoms with van der Waals surface area (Å²) in [5.74, 6) is 7.88. The molecule has 4 N–H and O–H groups in total. The van der Waals surface area contributed by atoms with E-state index in [0.717, 1.165) is 86.9 Å². The van der Waals surface area contributed by atoms with E-state index >= 15 is 0 Å². The van der Waals surface area contributed by atoms with Gasteiger partial charge in [0.1, 0.15) is 5.52 Å². The minimum Gasteiger partial charge on any atom is -0.381 e. The van der Waals surface area contributed by atoms with Gasteiger partial charge in [-0.05, 0) is 43.5 Å². The molecule has 2 aliphatic rings. The maximum atomic E-state index is 5.47. The Bertz CT molecular complexity index is 1150. The molecule has 2 aliphatic heterocycles. The van der Waals surface area contributed by atoms with Crippen molar-refractivity contribution in [2.24, 2.45) is 0 Å². The molecule has 9 nitrogen and oxygen atoms in total. The van der Waals surface area contributed by atoms with Crippen molar-refractivity contribution in [2.45, 2.75) is 25.8 Å². The van der Waals surface area contributed by atoms with Gasteiger partial charge in [-0.1, -0.05) is 11.8 Å². The zero-order valence-electron chi connectivity index (χ0n) is 18.9. The van der Waals surface area contributed by atoms with Crippen LogP contribution in [0.15, 0.2) is 24.5 Å². The molecule has 4 heterocycles. The number of anilines is 3. The number of rotatable bonds is 5. The minimum atomic E-state index is 0.328. The van der Waals surface area contributed by atoms with Gasteiger partial charge < -0.3 is 25.7 Å². The molecule has 5 rings (SSSR count). The summed E-state index contributed by atoms with van der Waals surface area (Å²) in [5, 5.41) is 10.3. The highest BCUT2D eigenvalue weighted by Gasteiger charge is 2.18. The molecule has 0 spiro atoms. The van der Waals surface area contributed by atoms with E-state index in [1.807, 2.05) is 12.1 Å². The number of H-pyrrole nitrogens is 1. The van der Waals surface area contributed by atoms with Crippen LogP contribution in [0.2, 0.25) is 0 Å². The lowest BCUT2D eigenvalue weighted by Crippen LogP contribution is -2.43. The standard InChI is InChI=1S/C24H30N8O/c1-17-15-18(3-2-10-32-11-8-25-9-12-32)4-5-20(17)29-24-30-22-21(26-16-27-22)23(31-24)28-19-6-13-33-14-7-19/h4-5,15-16,19,25H,6-14H2,1H3,(H3,26,27,28,29,30,31). The summed E-state index contributed by atoms with van der Waals surface area (Å²) in [5.41, 5.74) is 4.51. The van der Waals surface area contributed by atoms with E-state index in [2.05, 4.69) is 60.6 Å². The summed E-state index contributed by atoms with van der Waals surface area (Å²) in [6.45, 7) is 8.61. The Morgan fingerprint density at radius 1 is 1.18 bits per heavy atom. The highest BCUT2D eigenvalue weighted by atomic mass is 16.5. The van der Waals surface area contributed by atoms with Gasteiger partial charge in [-0.3, -0.25) is 4.90 Å². The average molecular weight is 447 g/mol. The first-order valence-corrected chi connectivity index (χ1v) is 11.6. The fourth-order valence-electron chi connectivity index (χ4n) is 4.15. The Labute approximate surface area is 193 Å². The van der Waals surface area contributed by atoms with Crippen LogP contribution < -0.4 is 16.0 Å². The number of aromatic nitrogens is 4. The Morgan fingerprint density at radius 3 is 2.85 bits per heavy atom. The smallest absolute Gasteiger partial charge is 0.231 e. The molecule has 2 saturated heterocycles. The second-order valence-corrected chi connectivity index (χ2v) is 8.51. The van der Waals surface area contributed by atoms with Crippen molar-refractivity contribution in [1.82, 2.24) is 30.2 Å². The van der Waals surface area contributed by atoms with Crippen molar-refractivity contribution in [3.63, 3.8) is 0 Å². The molecule has 1 aromatic carbocycles. The van der Waals surface area contributed by atoms with Crippen LogP contribution in [0.3, 0.4) is 0 Å². The molecule has 33 heavy (non-hydrogen) atoms. The number of ether oxygens (including phenoxy) is 1. The van der Waals surface area contributed by atoms with Gasteiger partial charge in [0, 0.05) is 56.7 Å². The third-order valence-electron chi connectivity index (χ3n) is 6.07. The molecule has 0 amide bonds. The number of aryl methyl sites for hydroxylation is 1. The van der Waals surface area contributed by atoms with E-state index in [1.165, 1.54) is 0 Å². The largest absolute Gasteiger partial charge is 0.381 e. The minimum absolute atomic E-state index is 0.328. The molecule has 0 saturated carbocycles. The third kappa shape index (κ3) is 5.42. The monoisotopic (exact) mass is 446 g/mol. The number of imidazole rings is 1. The van der Waals surface area contributed by atoms with Crippen LogP contribution in [0.1, 0.15) is 24.0 Å². The van der Waals surface area contributed by atoms with Crippen LogP contribution in [0, 0.1) is 18.8 Å². The Balaban J connectivity index is 1.30. The lowest BCUT2D eigenvalue weighted by atomic mass is 10.1. The Hall–Kier alpha value is -3.19. The molecule has 0 unspecified atom stereocenters. The molecule has 9 heteroatoms. The van der Waals surface area contributed by atoms with Gasteiger partial charge in [-0.2, -0.15) is 9.97 Å². The van der Waals surface area contributed by atoms with E-state index in [9.17, 15) is 0 Å². The number of benzene rings is 1. The quantitative estimate of drug-likeness (QED) is 0.443. The number of fused-ring (bicyclic) bond motifs is 1.